The van der Waals surface area contributed by atoms with E-state index in [9.17, 15) is 9.90 Å². The number of phenols is 1. The van der Waals surface area contributed by atoms with Crippen LogP contribution in [0, 0.1) is 6.92 Å². The third-order valence-electron chi connectivity index (χ3n) is 3.44. The molecule has 0 radical (unpaired) electrons. The van der Waals surface area contributed by atoms with Crippen LogP contribution in [0.4, 0.5) is 4.79 Å². The second-order valence-electron chi connectivity index (χ2n) is 6.77. The molecule has 134 valence electrons. The number of phenolic OH excluding ortho intramolecular Hbond substituents is 1. The molecule has 0 unspecified atom stereocenters. The van der Waals surface area contributed by atoms with Gasteiger partial charge in [0.25, 0.3) is 0 Å². The SMILES string of the molecule is Cc1ccccc1-c1ccc(OCCNC(=O)OC(C)(C)C)c(O)c1. The molecule has 5 nitrogen and oxygen atoms in total. The van der Waals surface area contributed by atoms with Crippen molar-refractivity contribution < 1.29 is 19.4 Å². The lowest BCUT2D eigenvalue weighted by molar-refractivity contribution is 0.0520. The van der Waals surface area contributed by atoms with E-state index in [0.29, 0.717) is 5.75 Å². The van der Waals surface area contributed by atoms with E-state index >= 15 is 0 Å². The Kier molecular flexibility index (Phi) is 5.91. The summed E-state index contributed by atoms with van der Waals surface area (Å²) in [4.78, 5) is 11.5. The number of hydrogen-bond acceptors (Lipinski definition) is 4. The number of alkyl carbamates (subject to hydrolysis) is 1. The zero-order valence-electron chi connectivity index (χ0n) is 15.1. The molecule has 0 atom stereocenters. The first-order valence-electron chi connectivity index (χ1n) is 8.25. The number of nitrogens with one attached hydrogen (secondary N) is 1. The Hall–Kier alpha value is -2.69. The normalized spacial score (nSPS) is 11.0. The van der Waals surface area contributed by atoms with E-state index in [-0.39, 0.29) is 18.9 Å². The van der Waals surface area contributed by atoms with Gasteiger partial charge in [-0.15, -0.1) is 0 Å². The van der Waals surface area contributed by atoms with Gasteiger partial charge in [-0.1, -0.05) is 30.3 Å². The number of aryl methyl sites for hydroxylation is 1. The van der Waals surface area contributed by atoms with Crippen LogP contribution in [0.5, 0.6) is 11.5 Å². The van der Waals surface area contributed by atoms with Crippen molar-refractivity contribution in [1.29, 1.82) is 0 Å². The number of hydrogen-bond donors (Lipinski definition) is 2. The van der Waals surface area contributed by atoms with Crippen LogP contribution in [0.15, 0.2) is 42.5 Å². The standard InChI is InChI=1S/C20H25NO4/c1-14-7-5-6-8-16(14)15-9-10-18(17(22)13-15)24-12-11-21-19(23)25-20(2,3)4/h5-10,13,22H,11-12H2,1-4H3,(H,21,23). The van der Waals surface area contributed by atoms with Gasteiger partial charge in [0, 0.05) is 0 Å². The number of ether oxygens (including phenoxy) is 2. The van der Waals surface area contributed by atoms with E-state index in [2.05, 4.69) is 5.32 Å². The fraction of sp³-hybridized carbons (Fsp3) is 0.350. The Labute approximate surface area is 148 Å². The largest absolute Gasteiger partial charge is 0.504 e. The summed E-state index contributed by atoms with van der Waals surface area (Å²) in [5, 5.41) is 12.8. The Morgan fingerprint density at radius 2 is 1.88 bits per heavy atom. The molecular formula is C20H25NO4. The van der Waals surface area contributed by atoms with Crippen molar-refractivity contribution in [2.24, 2.45) is 0 Å². The summed E-state index contributed by atoms with van der Waals surface area (Å²) >= 11 is 0. The average Bonchev–Trinajstić information content (AvgIpc) is 2.51. The fourth-order valence-electron chi connectivity index (χ4n) is 2.33. The molecular weight excluding hydrogens is 318 g/mol. The number of carbonyl (C=O) groups is 1. The summed E-state index contributed by atoms with van der Waals surface area (Å²) < 4.78 is 10.7. The van der Waals surface area contributed by atoms with Gasteiger partial charge in [0.2, 0.25) is 0 Å². The van der Waals surface area contributed by atoms with Crippen LogP contribution in [0.25, 0.3) is 11.1 Å². The van der Waals surface area contributed by atoms with Gasteiger partial charge in [-0.2, -0.15) is 0 Å². The summed E-state index contributed by atoms with van der Waals surface area (Å²) in [6.45, 7) is 7.95. The van der Waals surface area contributed by atoms with Crippen LogP contribution < -0.4 is 10.1 Å². The van der Waals surface area contributed by atoms with Gasteiger partial charge in [0.05, 0.1) is 6.54 Å². The number of aromatic hydroxyl groups is 1. The molecule has 0 aromatic heterocycles. The van der Waals surface area contributed by atoms with Crippen molar-refractivity contribution in [3.8, 4) is 22.6 Å². The number of rotatable bonds is 5. The average molecular weight is 343 g/mol. The highest BCUT2D eigenvalue weighted by atomic mass is 16.6. The van der Waals surface area contributed by atoms with Crippen molar-refractivity contribution in [2.75, 3.05) is 13.2 Å². The molecule has 0 saturated carbocycles. The highest BCUT2D eigenvalue weighted by Gasteiger charge is 2.15. The summed E-state index contributed by atoms with van der Waals surface area (Å²) in [7, 11) is 0. The Morgan fingerprint density at radius 3 is 2.52 bits per heavy atom. The maximum absolute atomic E-state index is 11.5. The van der Waals surface area contributed by atoms with E-state index in [4.69, 9.17) is 9.47 Å². The molecule has 0 heterocycles. The second kappa shape index (κ2) is 7.92. The minimum absolute atomic E-state index is 0.0676. The molecule has 0 aliphatic heterocycles. The van der Waals surface area contributed by atoms with Crippen LogP contribution in [0.1, 0.15) is 26.3 Å². The van der Waals surface area contributed by atoms with Crippen molar-refractivity contribution in [3.05, 3.63) is 48.0 Å². The van der Waals surface area contributed by atoms with E-state index in [0.717, 1.165) is 16.7 Å². The van der Waals surface area contributed by atoms with E-state index < -0.39 is 11.7 Å². The maximum atomic E-state index is 11.5. The molecule has 1 amide bonds. The zero-order valence-corrected chi connectivity index (χ0v) is 15.1. The van der Waals surface area contributed by atoms with Crippen molar-refractivity contribution >= 4 is 6.09 Å². The summed E-state index contributed by atoms with van der Waals surface area (Å²) in [5.41, 5.74) is 2.59. The molecule has 0 aliphatic rings. The quantitative estimate of drug-likeness (QED) is 0.796. The molecule has 0 spiro atoms. The maximum Gasteiger partial charge on any atom is 0.407 e. The number of amides is 1. The second-order valence-corrected chi connectivity index (χ2v) is 6.77. The van der Waals surface area contributed by atoms with Gasteiger partial charge in [-0.3, -0.25) is 0 Å². The molecule has 0 aliphatic carbocycles. The Bertz CT molecular complexity index is 735. The fourth-order valence-corrected chi connectivity index (χ4v) is 2.33. The molecule has 2 N–H and O–H groups in total. The van der Waals surface area contributed by atoms with Gasteiger partial charge in [-0.05, 0) is 56.5 Å². The first-order valence-corrected chi connectivity index (χ1v) is 8.25. The molecule has 2 aromatic carbocycles. The molecule has 5 heteroatoms. The Morgan fingerprint density at radius 1 is 1.16 bits per heavy atom. The topological polar surface area (TPSA) is 67.8 Å². The molecule has 2 aromatic rings. The minimum Gasteiger partial charge on any atom is -0.504 e. The third-order valence-corrected chi connectivity index (χ3v) is 3.44. The van der Waals surface area contributed by atoms with Gasteiger partial charge >= 0.3 is 6.09 Å². The van der Waals surface area contributed by atoms with Gasteiger partial charge < -0.3 is 19.9 Å². The van der Waals surface area contributed by atoms with Crippen molar-refractivity contribution in [3.63, 3.8) is 0 Å². The molecule has 25 heavy (non-hydrogen) atoms. The summed E-state index contributed by atoms with van der Waals surface area (Å²) in [6.07, 6.45) is -0.491. The minimum atomic E-state index is -0.533. The number of carbonyl (C=O) groups excluding carboxylic acids is 1. The van der Waals surface area contributed by atoms with Crippen molar-refractivity contribution in [1.82, 2.24) is 5.32 Å². The molecule has 2 rings (SSSR count). The smallest absolute Gasteiger partial charge is 0.407 e. The summed E-state index contributed by atoms with van der Waals surface area (Å²) in [6, 6.07) is 13.3. The molecule has 0 saturated heterocycles. The first-order chi connectivity index (χ1) is 11.8. The van der Waals surface area contributed by atoms with Gasteiger partial charge in [0.1, 0.15) is 12.2 Å². The van der Waals surface area contributed by atoms with Crippen LogP contribution in [-0.4, -0.2) is 30.0 Å². The molecule has 0 fully saturated rings. The Balaban J connectivity index is 1.90. The van der Waals surface area contributed by atoms with Crippen LogP contribution in [-0.2, 0) is 4.74 Å². The van der Waals surface area contributed by atoms with Crippen LogP contribution in [0.3, 0.4) is 0 Å². The third kappa shape index (κ3) is 5.71. The molecule has 0 bridgehead atoms. The lowest BCUT2D eigenvalue weighted by atomic mass is 10.0. The van der Waals surface area contributed by atoms with E-state index in [1.165, 1.54) is 0 Å². The first kappa shape index (κ1) is 18.6. The predicted octanol–water partition coefficient (Wildman–Crippen LogP) is 4.27. The van der Waals surface area contributed by atoms with E-state index in [1.807, 2.05) is 37.3 Å². The van der Waals surface area contributed by atoms with Crippen LogP contribution in [0.2, 0.25) is 0 Å². The van der Waals surface area contributed by atoms with Gasteiger partial charge in [-0.25, -0.2) is 4.79 Å². The van der Waals surface area contributed by atoms with Crippen LogP contribution >= 0.6 is 0 Å². The lowest BCUT2D eigenvalue weighted by Crippen LogP contribution is -2.34. The highest BCUT2D eigenvalue weighted by molar-refractivity contribution is 5.70. The number of benzene rings is 2. The van der Waals surface area contributed by atoms with E-state index in [1.54, 1.807) is 32.9 Å². The monoisotopic (exact) mass is 343 g/mol. The highest BCUT2D eigenvalue weighted by Crippen LogP contribution is 2.32. The lowest BCUT2D eigenvalue weighted by Gasteiger charge is -2.19. The van der Waals surface area contributed by atoms with Gasteiger partial charge in [0.15, 0.2) is 11.5 Å². The predicted molar refractivity (Wildman–Crippen MR) is 98.0 cm³/mol. The zero-order chi connectivity index (χ0) is 18.4. The van der Waals surface area contributed by atoms with Crippen molar-refractivity contribution in [2.45, 2.75) is 33.3 Å². The summed E-state index contributed by atoms with van der Waals surface area (Å²) in [5.74, 6) is 0.446.